The minimum Gasteiger partial charge on any atom is -0.465 e. The Balaban J connectivity index is 3.36. The van der Waals surface area contributed by atoms with Crippen LogP contribution < -0.4 is 0 Å². The van der Waals surface area contributed by atoms with Gasteiger partial charge in [-0.1, -0.05) is 15.9 Å². The number of esters is 1. The molecule has 0 radical (unpaired) electrons. The molecular formula is C9H7BrF3NO2. The molecular weight excluding hydrogens is 291 g/mol. The van der Waals surface area contributed by atoms with Crippen molar-refractivity contribution >= 4 is 21.9 Å². The Hall–Kier alpha value is -1.11. The standard InChI is InChI=1S/C9H7BrF3NO2/c1-16-9(15)5-2-4(3-10)8(13)14-6(5)7(11)12/h2,7H,3H2,1H3. The third kappa shape index (κ3) is 2.52. The third-order valence-corrected chi connectivity index (χ3v) is 2.44. The van der Waals surface area contributed by atoms with Crippen LogP contribution in [-0.2, 0) is 10.1 Å². The number of hydrogen-bond donors (Lipinski definition) is 0. The van der Waals surface area contributed by atoms with E-state index >= 15 is 0 Å². The van der Waals surface area contributed by atoms with Crippen LogP contribution in [-0.4, -0.2) is 18.1 Å². The molecule has 88 valence electrons. The molecule has 0 aliphatic heterocycles. The number of alkyl halides is 3. The van der Waals surface area contributed by atoms with Crippen LogP contribution in [0.3, 0.4) is 0 Å². The first-order valence-electron chi connectivity index (χ1n) is 4.13. The highest BCUT2D eigenvalue weighted by Gasteiger charge is 2.23. The van der Waals surface area contributed by atoms with Gasteiger partial charge in [0, 0.05) is 10.9 Å². The second-order valence-electron chi connectivity index (χ2n) is 2.80. The summed E-state index contributed by atoms with van der Waals surface area (Å²) >= 11 is 2.96. The molecule has 1 heterocycles. The fourth-order valence-corrected chi connectivity index (χ4v) is 1.47. The van der Waals surface area contributed by atoms with Crippen LogP contribution in [0.25, 0.3) is 0 Å². The molecule has 0 atom stereocenters. The number of methoxy groups -OCH3 is 1. The predicted octanol–water partition coefficient (Wildman–Crippen LogP) is 2.84. The first kappa shape index (κ1) is 13.0. The molecule has 1 aromatic rings. The second kappa shape index (κ2) is 5.29. The normalized spacial score (nSPS) is 10.6. The summed E-state index contributed by atoms with van der Waals surface area (Å²) in [6.07, 6.45) is -3.03. The molecule has 0 unspecified atom stereocenters. The molecule has 0 amide bonds. The van der Waals surface area contributed by atoms with Gasteiger partial charge in [-0.05, 0) is 6.07 Å². The Bertz CT molecular complexity index is 412. The van der Waals surface area contributed by atoms with Crippen LogP contribution in [0.5, 0.6) is 0 Å². The molecule has 0 fully saturated rings. The van der Waals surface area contributed by atoms with E-state index in [2.05, 4.69) is 25.7 Å². The van der Waals surface area contributed by atoms with Gasteiger partial charge in [0.2, 0.25) is 5.95 Å². The summed E-state index contributed by atoms with van der Waals surface area (Å²) in [5.41, 5.74) is -1.31. The van der Waals surface area contributed by atoms with Crippen LogP contribution in [0.1, 0.15) is 28.0 Å². The summed E-state index contributed by atoms with van der Waals surface area (Å²) in [4.78, 5) is 14.2. The second-order valence-corrected chi connectivity index (χ2v) is 3.36. The van der Waals surface area contributed by atoms with E-state index in [-0.39, 0.29) is 10.9 Å². The van der Waals surface area contributed by atoms with E-state index in [4.69, 9.17) is 0 Å². The SMILES string of the molecule is COC(=O)c1cc(CBr)c(F)nc1C(F)F. The van der Waals surface area contributed by atoms with Crippen molar-refractivity contribution in [3.05, 3.63) is 28.8 Å². The highest BCUT2D eigenvalue weighted by molar-refractivity contribution is 9.08. The Morgan fingerprint density at radius 3 is 2.69 bits per heavy atom. The number of carbonyl (C=O) groups excluding carboxylic acids is 1. The number of aromatic nitrogens is 1. The lowest BCUT2D eigenvalue weighted by Crippen LogP contribution is -2.11. The molecule has 0 aliphatic rings. The van der Waals surface area contributed by atoms with Crippen molar-refractivity contribution in [2.24, 2.45) is 0 Å². The van der Waals surface area contributed by atoms with E-state index in [1.54, 1.807) is 0 Å². The van der Waals surface area contributed by atoms with Gasteiger partial charge >= 0.3 is 5.97 Å². The molecule has 7 heteroatoms. The molecule has 0 N–H and O–H groups in total. The lowest BCUT2D eigenvalue weighted by atomic mass is 10.1. The lowest BCUT2D eigenvalue weighted by molar-refractivity contribution is 0.0586. The summed E-state index contributed by atoms with van der Waals surface area (Å²) in [6.45, 7) is 0. The molecule has 0 spiro atoms. The quantitative estimate of drug-likeness (QED) is 0.489. The number of ether oxygens (including phenoxy) is 1. The van der Waals surface area contributed by atoms with Crippen molar-refractivity contribution in [1.29, 1.82) is 0 Å². The first-order chi connectivity index (χ1) is 7.51. The van der Waals surface area contributed by atoms with Gasteiger partial charge in [-0.2, -0.15) is 4.39 Å². The zero-order chi connectivity index (χ0) is 12.3. The number of nitrogens with zero attached hydrogens (tertiary/aromatic N) is 1. The van der Waals surface area contributed by atoms with Gasteiger partial charge in [-0.15, -0.1) is 0 Å². The summed E-state index contributed by atoms with van der Waals surface area (Å²) in [5.74, 6) is -2.00. The zero-order valence-corrected chi connectivity index (χ0v) is 9.72. The van der Waals surface area contributed by atoms with E-state index in [0.29, 0.717) is 0 Å². The maximum atomic E-state index is 13.1. The molecule has 1 aromatic heterocycles. The number of rotatable bonds is 3. The van der Waals surface area contributed by atoms with Crippen molar-refractivity contribution < 1.29 is 22.7 Å². The average molecular weight is 298 g/mol. The van der Waals surface area contributed by atoms with Gasteiger partial charge in [0.25, 0.3) is 6.43 Å². The maximum Gasteiger partial charge on any atom is 0.339 e. The summed E-state index contributed by atoms with van der Waals surface area (Å²) in [6, 6.07) is 1.00. The highest BCUT2D eigenvalue weighted by Crippen LogP contribution is 2.24. The van der Waals surface area contributed by atoms with Crippen LogP contribution in [0, 0.1) is 5.95 Å². The fraction of sp³-hybridized carbons (Fsp3) is 0.333. The number of hydrogen-bond acceptors (Lipinski definition) is 3. The van der Waals surface area contributed by atoms with Gasteiger partial charge in [0.1, 0.15) is 5.69 Å². The summed E-state index contributed by atoms with van der Waals surface area (Å²) < 4.78 is 42.4. The summed E-state index contributed by atoms with van der Waals surface area (Å²) in [5, 5.41) is 0.0688. The minimum atomic E-state index is -3.03. The van der Waals surface area contributed by atoms with Gasteiger partial charge in [0.15, 0.2) is 0 Å². The van der Waals surface area contributed by atoms with Crippen LogP contribution in [0.4, 0.5) is 13.2 Å². The van der Waals surface area contributed by atoms with Gasteiger partial charge < -0.3 is 4.74 Å². The highest BCUT2D eigenvalue weighted by atomic mass is 79.9. The Labute approximate surface area is 97.8 Å². The zero-order valence-electron chi connectivity index (χ0n) is 8.14. The van der Waals surface area contributed by atoms with E-state index in [0.717, 1.165) is 13.2 Å². The molecule has 1 rings (SSSR count). The Morgan fingerprint density at radius 1 is 1.62 bits per heavy atom. The lowest BCUT2D eigenvalue weighted by Gasteiger charge is -2.08. The number of halogens is 4. The maximum absolute atomic E-state index is 13.1. The topological polar surface area (TPSA) is 39.2 Å². The minimum absolute atomic E-state index is 0.0183. The van der Waals surface area contributed by atoms with Crippen molar-refractivity contribution in [3.8, 4) is 0 Å². The Morgan fingerprint density at radius 2 is 2.25 bits per heavy atom. The van der Waals surface area contributed by atoms with Gasteiger partial charge in [-0.25, -0.2) is 18.6 Å². The van der Waals surface area contributed by atoms with Crippen molar-refractivity contribution in [2.45, 2.75) is 11.8 Å². The monoisotopic (exact) mass is 297 g/mol. The molecule has 0 aromatic carbocycles. The van der Waals surface area contributed by atoms with Crippen molar-refractivity contribution in [3.63, 3.8) is 0 Å². The number of pyridine rings is 1. The van der Waals surface area contributed by atoms with Crippen LogP contribution in [0.2, 0.25) is 0 Å². The predicted molar refractivity (Wildman–Crippen MR) is 53.1 cm³/mol. The van der Waals surface area contributed by atoms with E-state index < -0.39 is 29.6 Å². The fourth-order valence-electron chi connectivity index (χ4n) is 1.08. The van der Waals surface area contributed by atoms with E-state index in [9.17, 15) is 18.0 Å². The van der Waals surface area contributed by atoms with Gasteiger partial charge in [0.05, 0.1) is 12.7 Å². The smallest absolute Gasteiger partial charge is 0.339 e. The number of carbonyl (C=O) groups is 1. The molecule has 16 heavy (non-hydrogen) atoms. The molecule has 0 saturated heterocycles. The molecule has 0 saturated carbocycles. The average Bonchev–Trinajstić information content (AvgIpc) is 2.27. The van der Waals surface area contributed by atoms with Crippen molar-refractivity contribution in [2.75, 3.05) is 7.11 Å². The third-order valence-electron chi connectivity index (χ3n) is 1.83. The van der Waals surface area contributed by atoms with Crippen LogP contribution in [0.15, 0.2) is 6.07 Å². The molecule has 3 nitrogen and oxygen atoms in total. The molecule has 0 aliphatic carbocycles. The van der Waals surface area contributed by atoms with Crippen molar-refractivity contribution in [1.82, 2.24) is 4.98 Å². The van der Waals surface area contributed by atoms with Crippen LogP contribution >= 0.6 is 15.9 Å². The first-order valence-corrected chi connectivity index (χ1v) is 5.25. The molecule has 0 bridgehead atoms. The Kier molecular flexibility index (Phi) is 4.28. The summed E-state index contributed by atoms with van der Waals surface area (Å²) in [7, 11) is 1.05. The van der Waals surface area contributed by atoms with Gasteiger partial charge in [-0.3, -0.25) is 0 Å². The largest absolute Gasteiger partial charge is 0.465 e. The van der Waals surface area contributed by atoms with E-state index in [1.807, 2.05) is 0 Å². The van der Waals surface area contributed by atoms with E-state index in [1.165, 1.54) is 0 Å².